The Morgan fingerprint density at radius 3 is 2.76 bits per heavy atom. The normalized spacial score (nSPS) is 23.3. The zero-order chi connectivity index (χ0) is 17.2. The van der Waals surface area contributed by atoms with Crippen LogP contribution >= 0.6 is 0 Å². The second-order valence-corrected chi connectivity index (χ2v) is 7.66. The van der Waals surface area contributed by atoms with Crippen molar-refractivity contribution in [2.45, 2.75) is 50.5 Å². The predicted molar refractivity (Wildman–Crippen MR) is 96.4 cm³/mol. The highest BCUT2D eigenvalue weighted by molar-refractivity contribution is 5.92. The Kier molecular flexibility index (Phi) is 4.75. The highest BCUT2D eigenvalue weighted by Crippen LogP contribution is 2.40. The van der Waals surface area contributed by atoms with E-state index < -0.39 is 0 Å². The van der Waals surface area contributed by atoms with E-state index in [4.69, 9.17) is 4.52 Å². The van der Waals surface area contributed by atoms with Crippen LogP contribution in [-0.4, -0.2) is 42.1 Å². The molecule has 1 aromatic heterocycles. The number of carbonyl (C=O) groups excluding carboxylic acids is 1. The largest absolute Gasteiger partial charge is 0.360 e. The van der Waals surface area contributed by atoms with Gasteiger partial charge in [0.05, 0.1) is 6.04 Å². The lowest BCUT2D eigenvalue weighted by Gasteiger charge is -2.35. The molecule has 1 atom stereocenters. The molecule has 1 saturated carbocycles. The number of nitrogens with one attached hydrogen (secondary N) is 1. The lowest BCUT2D eigenvalue weighted by atomic mass is 9.83. The summed E-state index contributed by atoms with van der Waals surface area (Å²) in [6.45, 7) is 2.17. The minimum absolute atomic E-state index is 0.0684. The third-order valence-corrected chi connectivity index (χ3v) is 5.64. The number of hydrogen-bond donors (Lipinski definition) is 1. The van der Waals surface area contributed by atoms with Crippen molar-refractivity contribution >= 4 is 5.91 Å². The molecule has 0 aromatic carbocycles. The Labute approximate surface area is 149 Å². The van der Waals surface area contributed by atoms with Gasteiger partial charge in [0.1, 0.15) is 5.76 Å². The summed E-state index contributed by atoms with van der Waals surface area (Å²) in [5, 5.41) is 7.26. The number of allylic oxidation sites excluding steroid dienone is 2. The Balaban J connectivity index is 1.49. The molecule has 1 amide bonds. The van der Waals surface area contributed by atoms with E-state index in [1.807, 2.05) is 6.07 Å². The number of amides is 1. The molecule has 4 rings (SSSR count). The van der Waals surface area contributed by atoms with Gasteiger partial charge in [-0.25, -0.2) is 0 Å². The third-order valence-electron chi connectivity index (χ3n) is 5.64. The molecule has 0 radical (unpaired) electrons. The van der Waals surface area contributed by atoms with Crippen LogP contribution in [0.5, 0.6) is 0 Å². The van der Waals surface area contributed by atoms with E-state index in [9.17, 15) is 4.79 Å². The molecule has 1 N–H and O–H groups in total. The van der Waals surface area contributed by atoms with E-state index in [1.165, 1.54) is 5.57 Å². The van der Waals surface area contributed by atoms with Crippen molar-refractivity contribution < 1.29 is 9.32 Å². The molecule has 1 saturated heterocycles. The van der Waals surface area contributed by atoms with Gasteiger partial charge in [-0.15, -0.1) is 0 Å². The van der Waals surface area contributed by atoms with Crippen LogP contribution in [0.15, 0.2) is 34.4 Å². The van der Waals surface area contributed by atoms with Gasteiger partial charge in [0.2, 0.25) is 0 Å². The minimum atomic E-state index is -0.112. The molecule has 5 nitrogen and oxygen atoms in total. The van der Waals surface area contributed by atoms with Gasteiger partial charge in [-0.1, -0.05) is 23.4 Å². The zero-order valence-corrected chi connectivity index (χ0v) is 14.9. The maximum atomic E-state index is 12.8. The lowest BCUT2D eigenvalue weighted by molar-refractivity contribution is 0.0907. The Morgan fingerprint density at radius 2 is 2.08 bits per heavy atom. The number of piperidine rings is 1. The van der Waals surface area contributed by atoms with Crippen molar-refractivity contribution in [3.8, 4) is 0 Å². The van der Waals surface area contributed by atoms with Crippen LogP contribution < -0.4 is 5.32 Å². The third kappa shape index (κ3) is 3.87. The van der Waals surface area contributed by atoms with Crippen molar-refractivity contribution in [2.24, 2.45) is 5.92 Å². The molecule has 0 spiro atoms. The number of rotatable bonds is 5. The number of carbonyl (C=O) groups is 1. The standard InChI is InChI=1S/C20H27N3O2/c1-23-11-9-16(10-12-23)19(15-5-3-2-4-6-15)21-20(24)17-13-18(25-22-17)14-7-8-14/h3,5-6,13-14,16,19H,2,4,7-12H2,1H3,(H,21,24). The van der Waals surface area contributed by atoms with Crippen LogP contribution in [-0.2, 0) is 0 Å². The minimum Gasteiger partial charge on any atom is -0.360 e. The van der Waals surface area contributed by atoms with Crippen LogP contribution in [0.4, 0.5) is 0 Å². The fourth-order valence-corrected chi connectivity index (χ4v) is 3.87. The molecule has 2 fully saturated rings. The highest BCUT2D eigenvalue weighted by atomic mass is 16.5. The predicted octanol–water partition coefficient (Wildman–Crippen LogP) is 3.27. The smallest absolute Gasteiger partial charge is 0.273 e. The topological polar surface area (TPSA) is 58.4 Å². The van der Waals surface area contributed by atoms with Crippen molar-refractivity contribution in [3.63, 3.8) is 0 Å². The van der Waals surface area contributed by atoms with Crippen molar-refractivity contribution in [2.75, 3.05) is 20.1 Å². The van der Waals surface area contributed by atoms with Gasteiger partial charge in [-0.3, -0.25) is 4.79 Å². The van der Waals surface area contributed by atoms with E-state index in [0.29, 0.717) is 17.5 Å². The second kappa shape index (κ2) is 7.16. The molecule has 2 heterocycles. The summed E-state index contributed by atoms with van der Waals surface area (Å²) in [6.07, 6.45) is 13.3. The SMILES string of the molecule is CN1CCC(C(NC(=O)c2cc(C3CC3)on2)C2=CCCC=C2)CC1. The average Bonchev–Trinajstić information content (AvgIpc) is 3.38. The molecule has 3 aliphatic rings. The second-order valence-electron chi connectivity index (χ2n) is 7.66. The van der Waals surface area contributed by atoms with Crippen LogP contribution in [0.2, 0.25) is 0 Å². The molecule has 1 unspecified atom stereocenters. The average molecular weight is 341 g/mol. The molecule has 1 aromatic rings. The summed E-state index contributed by atoms with van der Waals surface area (Å²) < 4.78 is 5.35. The number of likely N-dealkylation sites (tertiary alicyclic amines) is 1. The van der Waals surface area contributed by atoms with Crippen LogP contribution in [0.25, 0.3) is 0 Å². The monoisotopic (exact) mass is 341 g/mol. The first kappa shape index (κ1) is 16.6. The Bertz CT molecular complexity index is 679. The fourth-order valence-electron chi connectivity index (χ4n) is 3.87. The van der Waals surface area contributed by atoms with Crippen molar-refractivity contribution in [1.29, 1.82) is 0 Å². The number of hydrogen-bond acceptors (Lipinski definition) is 4. The van der Waals surface area contributed by atoms with Gasteiger partial charge in [-0.2, -0.15) is 0 Å². The molecule has 5 heteroatoms. The van der Waals surface area contributed by atoms with E-state index in [2.05, 4.69) is 40.6 Å². The van der Waals surface area contributed by atoms with E-state index in [1.54, 1.807) is 0 Å². The molecular formula is C20H27N3O2. The lowest BCUT2D eigenvalue weighted by Crippen LogP contribution is -2.45. The fraction of sp³-hybridized carbons (Fsp3) is 0.600. The zero-order valence-electron chi connectivity index (χ0n) is 14.9. The van der Waals surface area contributed by atoms with Crippen LogP contribution in [0.3, 0.4) is 0 Å². The van der Waals surface area contributed by atoms with E-state index >= 15 is 0 Å². The number of nitrogens with zero attached hydrogens (tertiary/aromatic N) is 2. The van der Waals surface area contributed by atoms with E-state index in [-0.39, 0.29) is 11.9 Å². The van der Waals surface area contributed by atoms with Gasteiger partial charge in [0.25, 0.3) is 5.91 Å². The summed E-state index contributed by atoms with van der Waals surface area (Å²) in [5.41, 5.74) is 1.67. The van der Waals surface area contributed by atoms with Gasteiger partial charge in [0.15, 0.2) is 5.69 Å². The molecular weight excluding hydrogens is 314 g/mol. The summed E-state index contributed by atoms with van der Waals surface area (Å²) in [5.74, 6) is 1.70. The molecule has 25 heavy (non-hydrogen) atoms. The van der Waals surface area contributed by atoms with Gasteiger partial charge in [0, 0.05) is 12.0 Å². The first-order chi connectivity index (χ1) is 12.2. The maximum Gasteiger partial charge on any atom is 0.273 e. The first-order valence-electron chi connectivity index (χ1n) is 9.53. The summed E-state index contributed by atoms with van der Waals surface area (Å²) >= 11 is 0. The molecule has 1 aliphatic heterocycles. The number of aromatic nitrogens is 1. The summed E-state index contributed by atoms with van der Waals surface area (Å²) in [6, 6.07) is 1.89. The van der Waals surface area contributed by atoms with Crippen molar-refractivity contribution in [3.05, 3.63) is 41.3 Å². The van der Waals surface area contributed by atoms with Crippen molar-refractivity contribution in [1.82, 2.24) is 15.4 Å². The maximum absolute atomic E-state index is 12.8. The van der Waals surface area contributed by atoms with Gasteiger partial charge in [-0.05, 0) is 70.2 Å². The summed E-state index contributed by atoms with van der Waals surface area (Å²) in [7, 11) is 2.17. The van der Waals surface area contributed by atoms with Crippen LogP contribution in [0.1, 0.15) is 60.7 Å². The highest BCUT2D eigenvalue weighted by Gasteiger charge is 2.32. The first-order valence-corrected chi connectivity index (χ1v) is 9.53. The van der Waals surface area contributed by atoms with Gasteiger partial charge >= 0.3 is 0 Å². The molecule has 2 aliphatic carbocycles. The van der Waals surface area contributed by atoms with Gasteiger partial charge < -0.3 is 14.7 Å². The van der Waals surface area contributed by atoms with Crippen LogP contribution in [0, 0.1) is 5.92 Å². The quantitative estimate of drug-likeness (QED) is 0.893. The van der Waals surface area contributed by atoms with E-state index in [0.717, 1.165) is 57.4 Å². The Hall–Kier alpha value is -1.88. The summed E-state index contributed by atoms with van der Waals surface area (Å²) in [4.78, 5) is 15.1. The Morgan fingerprint density at radius 1 is 1.28 bits per heavy atom. The molecule has 0 bridgehead atoms. The molecule has 134 valence electrons.